The van der Waals surface area contributed by atoms with E-state index in [1.54, 1.807) is 14.0 Å². The first-order chi connectivity index (χ1) is 9.27. The van der Waals surface area contributed by atoms with Crippen LogP contribution in [0.25, 0.3) is 0 Å². The maximum Gasteiger partial charge on any atom is 0.320 e. The van der Waals surface area contributed by atoms with Gasteiger partial charge < -0.3 is 9.80 Å². The molecule has 112 valence electrons. The van der Waals surface area contributed by atoms with Gasteiger partial charge >= 0.3 is 6.03 Å². The molecule has 1 rings (SSSR count). The Morgan fingerprint density at radius 1 is 1.25 bits per heavy atom. The Kier molecular flexibility index (Phi) is 5.42. The quantitative estimate of drug-likeness (QED) is 0.779. The fourth-order valence-electron chi connectivity index (χ4n) is 1.69. The summed E-state index contributed by atoms with van der Waals surface area (Å²) in [5, 5.41) is 0. The van der Waals surface area contributed by atoms with Gasteiger partial charge in [-0.05, 0) is 26.8 Å². The molecule has 0 aliphatic carbocycles. The zero-order valence-electron chi connectivity index (χ0n) is 12.1. The molecule has 3 nitrogen and oxygen atoms in total. The second kappa shape index (κ2) is 6.63. The minimum atomic E-state index is -1.25. The van der Waals surface area contributed by atoms with Crippen LogP contribution in [0.5, 0.6) is 0 Å². The summed E-state index contributed by atoms with van der Waals surface area (Å²) in [6.45, 7) is 5.54. The summed E-state index contributed by atoms with van der Waals surface area (Å²) >= 11 is 0. The summed E-state index contributed by atoms with van der Waals surface area (Å²) < 4.78 is 39.9. The summed E-state index contributed by atoms with van der Waals surface area (Å²) in [5.41, 5.74) is -0.171. The van der Waals surface area contributed by atoms with E-state index in [1.165, 1.54) is 9.80 Å². The van der Waals surface area contributed by atoms with Gasteiger partial charge in [0.25, 0.3) is 0 Å². The standard InChI is InChI=1S/C14H19F3N2O/c1-5-19(14(20)18(4)9(2)3)8-10-6-11(15)7-12(16)13(10)17/h6-7,9H,5,8H2,1-4H3. The van der Waals surface area contributed by atoms with Crippen molar-refractivity contribution in [2.75, 3.05) is 13.6 Å². The van der Waals surface area contributed by atoms with Crippen LogP contribution in [0.3, 0.4) is 0 Å². The van der Waals surface area contributed by atoms with Gasteiger partial charge in [-0.2, -0.15) is 0 Å². The van der Waals surface area contributed by atoms with E-state index in [9.17, 15) is 18.0 Å². The highest BCUT2D eigenvalue weighted by Crippen LogP contribution is 2.17. The lowest BCUT2D eigenvalue weighted by Crippen LogP contribution is -2.43. The number of nitrogens with zero attached hydrogens (tertiary/aromatic N) is 2. The molecule has 0 saturated carbocycles. The molecule has 0 saturated heterocycles. The van der Waals surface area contributed by atoms with Gasteiger partial charge in [0.2, 0.25) is 0 Å². The van der Waals surface area contributed by atoms with Gasteiger partial charge in [0.15, 0.2) is 11.6 Å². The highest BCUT2D eigenvalue weighted by Gasteiger charge is 2.21. The van der Waals surface area contributed by atoms with Crippen LogP contribution in [0.4, 0.5) is 18.0 Å². The molecular weight excluding hydrogens is 269 g/mol. The van der Waals surface area contributed by atoms with Gasteiger partial charge in [-0.1, -0.05) is 0 Å². The zero-order valence-corrected chi connectivity index (χ0v) is 12.1. The molecule has 0 spiro atoms. The number of amides is 2. The normalized spacial score (nSPS) is 10.8. The van der Waals surface area contributed by atoms with Crippen molar-refractivity contribution < 1.29 is 18.0 Å². The van der Waals surface area contributed by atoms with E-state index in [4.69, 9.17) is 0 Å². The van der Waals surface area contributed by atoms with E-state index < -0.39 is 17.5 Å². The van der Waals surface area contributed by atoms with Gasteiger partial charge in [0.1, 0.15) is 5.82 Å². The number of halogens is 3. The number of hydrogen-bond donors (Lipinski definition) is 0. The number of hydrogen-bond acceptors (Lipinski definition) is 1. The third-order valence-corrected chi connectivity index (χ3v) is 3.16. The van der Waals surface area contributed by atoms with Gasteiger partial charge in [-0.15, -0.1) is 0 Å². The summed E-state index contributed by atoms with van der Waals surface area (Å²) in [6.07, 6.45) is 0. The average Bonchev–Trinajstić information content (AvgIpc) is 2.39. The lowest BCUT2D eigenvalue weighted by molar-refractivity contribution is 0.151. The first-order valence-corrected chi connectivity index (χ1v) is 6.43. The SMILES string of the molecule is CCN(Cc1cc(F)cc(F)c1F)C(=O)N(C)C(C)C. The van der Waals surface area contributed by atoms with Crippen molar-refractivity contribution in [3.8, 4) is 0 Å². The summed E-state index contributed by atoms with van der Waals surface area (Å²) in [6, 6.07) is 1.05. The van der Waals surface area contributed by atoms with Crippen LogP contribution in [-0.4, -0.2) is 35.5 Å². The van der Waals surface area contributed by atoms with E-state index in [0.717, 1.165) is 6.07 Å². The van der Waals surface area contributed by atoms with Crippen LogP contribution in [-0.2, 0) is 6.54 Å². The Hall–Kier alpha value is -1.72. The topological polar surface area (TPSA) is 23.6 Å². The van der Waals surface area contributed by atoms with Crippen LogP contribution in [0, 0.1) is 17.5 Å². The Morgan fingerprint density at radius 3 is 2.35 bits per heavy atom. The number of carbonyl (C=O) groups is 1. The van der Waals surface area contributed by atoms with Crippen molar-refractivity contribution in [2.45, 2.75) is 33.4 Å². The summed E-state index contributed by atoms with van der Waals surface area (Å²) in [4.78, 5) is 15.0. The van der Waals surface area contributed by atoms with Gasteiger partial charge in [0, 0.05) is 31.3 Å². The van der Waals surface area contributed by atoms with Crippen LogP contribution >= 0.6 is 0 Å². The number of benzene rings is 1. The smallest absolute Gasteiger partial charge is 0.320 e. The second-order valence-electron chi connectivity index (χ2n) is 4.86. The van der Waals surface area contributed by atoms with Crippen molar-refractivity contribution in [1.82, 2.24) is 9.80 Å². The van der Waals surface area contributed by atoms with E-state index in [2.05, 4.69) is 0 Å². The van der Waals surface area contributed by atoms with E-state index in [0.29, 0.717) is 12.6 Å². The molecule has 0 fully saturated rings. The molecule has 0 aliphatic rings. The molecule has 0 aliphatic heterocycles. The zero-order chi connectivity index (χ0) is 15.4. The first-order valence-electron chi connectivity index (χ1n) is 6.43. The summed E-state index contributed by atoms with van der Waals surface area (Å²) in [7, 11) is 1.62. The Labute approximate surface area is 117 Å². The highest BCUT2D eigenvalue weighted by atomic mass is 19.2. The number of rotatable bonds is 4. The fraction of sp³-hybridized carbons (Fsp3) is 0.500. The predicted octanol–water partition coefficient (Wildman–Crippen LogP) is 3.39. The van der Waals surface area contributed by atoms with E-state index in [-0.39, 0.29) is 24.2 Å². The van der Waals surface area contributed by atoms with E-state index in [1.807, 2.05) is 13.8 Å². The molecule has 0 N–H and O–H groups in total. The van der Waals surface area contributed by atoms with Gasteiger partial charge in [-0.3, -0.25) is 0 Å². The average molecular weight is 288 g/mol. The third kappa shape index (κ3) is 3.65. The Morgan fingerprint density at radius 2 is 1.85 bits per heavy atom. The molecule has 20 heavy (non-hydrogen) atoms. The molecule has 0 atom stereocenters. The molecule has 0 radical (unpaired) electrons. The van der Waals surface area contributed by atoms with Crippen molar-refractivity contribution in [1.29, 1.82) is 0 Å². The van der Waals surface area contributed by atoms with Crippen LogP contribution in [0.1, 0.15) is 26.3 Å². The van der Waals surface area contributed by atoms with E-state index >= 15 is 0 Å². The maximum absolute atomic E-state index is 13.6. The molecule has 1 aromatic carbocycles. The Balaban J connectivity index is 2.97. The molecule has 0 bridgehead atoms. The number of urea groups is 1. The van der Waals surface area contributed by atoms with Crippen LogP contribution in [0.2, 0.25) is 0 Å². The molecule has 6 heteroatoms. The largest absolute Gasteiger partial charge is 0.325 e. The Bertz CT molecular complexity index is 492. The molecule has 1 aromatic rings. The third-order valence-electron chi connectivity index (χ3n) is 3.16. The van der Waals surface area contributed by atoms with Crippen LogP contribution in [0.15, 0.2) is 12.1 Å². The predicted molar refractivity (Wildman–Crippen MR) is 70.7 cm³/mol. The van der Waals surface area contributed by atoms with Crippen molar-refractivity contribution in [2.24, 2.45) is 0 Å². The monoisotopic (exact) mass is 288 g/mol. The molecule has 0 aromatic heterocycles. The lowest BCUT2D eigenvalue weighted by Gasteiger charge is -2.30. The van der Waals surface area contributed by atoms with Gasteiger partial charge in [0.05, 0.1) is 6.54 Å². The molecular formula is C14H19F3N2O. The lowest BCUT2D eigenvalue weighted by atomic mass is 10.2. The summed E-state index contributed by atoms with van der Waals surface area (Å²) in [5.74, 6) is -3.23. The van der Waals surface area contributed by atoms with Gasteiger partial charge in [-0.25, -0.2) is 18.0 Å². The highest BCUT2D eigenvalue weighted by molar-refractivity contribution is 5.74. The minimum Gasteiger partial charge on any atom is -0.325 e. The number of carbonyl (C=O) groups excluding carboxylic acids is 1. The first kappa shape index (κ1) is 16.3. The van der Waals surface area contributed by atoms with Crippen molar-refractivity contribution in [3.05, 3.63) is 35.1 Å². The van der Waals surface area contributed by atoms with Crippen molar-refractivity contribution >= 4 is 6.03 Å². The van der Waals surface area contributed by atoms with Crippen molar-refractivity contribution in [3.63, 3.8) is 0 Å². The molecule has 0 unspecified atom stereocenters. The fourth-order valence-corrected chi connectivity index (χ4v) is 1.69. The minimum absolute atomic E-state index is 0.0226. The molecule has 2 amide bonds. The maximum atomic E-state index is 13.6. The second-order valence-corrected chi connectivity index (χ2v) is 4.86. The molecule has 0 heterocycles. The van der Waals surface area contributed by atoms with Crippen LogP contribution < -0.4 is 0 Å².